The molecule has 1 N–H and O–H groups in total. The highest BCUT2D eigenvalue weighted by molar-refractivity contribution is 7.22. The first-order valence-corrected chi connectivity index (χ1v) is 8.18. The van der Waals surface area contributed by atoms with Gasteiger partial charge in [0, 0.05) is 5.56 Å². The number of para-hydroxylation sites is 1. The van der Waals surface area contributed by atoms with E-state index in [4.69, 9.17) is 4.74 Å². The molecule has 118 valence electrons. The van der Waals surface area contributed by atoms with E-state index in [-0.39, 0.29) is 12.3 Å². The van der Waals surface area contributed by atoms with Crippen LogP contribution in [0.25, 0.3) is 10.2 Å². The monoisotopic (exact) mass is 326 g/mol. The minimum absolute atomic E-state index is 0.0920. The van der Waals surface area contributed by atoms with Gasteiger partial charge in [0.05, 0.1) is 23.7 Å². The van der Waals surface area contributed by atoms with Gasteiger partial charge < -0.3 is 10.1 Å². The lowest BCUT2D eigenvalue weighted by molar-refractivity contribution is -0.115. The molecule has 0 fully saturated rings. The van der Waals surface area contributed by atoms with Crippen molar-refractivity contribution in [2.24, 2.45) is 0 Å². The molecule has 0 atom stereocenters. The van der Waals surface area contributed by atoms with Crippen LogP contribution in [0.5, 0.6) is 5.75 Å². The number of fused-ring (bicyclic) bond motifs is 1. The van der Waals surface area contributed by atoms with E-state index in [0.29, 0.717) is 5.13 Å². The zero-order valence-corrected chi connectivity index (χ0v) is 14.2. The van der Waals surface area contributed by atoms with Gasteiger partial charge in [-0.05, 0) is 31.5 Å². The maximum Gasteiger partial charge on any atom is 0.230 e. The number of carbonyl (C=O) groups is 1. The van der Waals surface area contributed by atoms with Crippen LogP contribution in [0.2, 0.25) is 0 Å². The van der Waals surface area contributed by atoms with E-state index in [2.05, 4.69) is 10.3 Å². The van der Waals surface area contributed by atoms with E-state index in [0.717, 1.165) is 32.7 Å². The average Bonchev–Trinajstić information content (AvgIpc) is 2.91. The number of aromatic nitrogens is 1. The molecular weight excluding hydrogens is 308 g/mol. The summed E-state index contributed by atoms with van der Waals surface area (Å²) in [5, 5.41) is 3.52. The third-order valence-corrected chi connectivity index (χ3v) is 4.59. The molecule has 0 bridgehead atoms. The minimum Gasteiger partial charge on any atom is -0.496 e. The zero-order valence-electron chi connectivity index (χ0n) is 13.3. The fourth-order valence-corrected chi connectivity index (χ4v) is 3.48. The fourth-order valence-electron chi connectivity index (χ4n) is 2.52. The second-order valence-electron chi connectivity index (χ2n) is 5.48. The summed E-state index contributed by atoms with van der Waals surface area (Å²) in [4.78, 5) is 16.8. The molecule has 0 unspecified atom stereocenters. The van der Waals surface area contributed by atoms with Crippen molar-refractivity contribution in [3.63, 3.8) is 0 Å². The molecule has 0 radical (unpaired) electrons. The van der Waals surface area contributed by atoms with E-state index in [1.165, 1.54) is 11.3 Å². The number of benzene rings is 2. The van der Waals surface area contributed by atoms with Gasteiger partial charge in [0.1, 0.15) is 5.75 Å². The van der Waals surface area contributed by atoms with Crippen LogP contribution in [-0.2, 0) is 11.2 Å². The first-order chi connectivity index (χ1) is 11.1. The Hall–Kier alpha value is -2.40. The molecule has 0 saturated heterocycles. The summed E-state index contributed by atoms with van der Waals surface area (Å²) >= 11 is 1.49. The maximum absolute atomic E-state index is 12.3. The summed E-state index contributed by atoms with van der Waals surface area (Å²) in [5.41, 5.74) is 4.03. The van der Waals surface area contributed by atoms with Crippen molar-refractivity contribution in [2.75, 3.05) is 12.4 Å². The van der Waals surface area contributed by atoms with Crippen molar-refractivity contribution in [3.05, 3.63) is 53.1 Å². The number of ether oxygens (including phenoxy) is 1. The molecule has 1 amide bonds. The van der Waals surface area contributed by atoms with Crippen LogP contribution in [0, 0.1) is 13.8 Å². The largest absolute Gasteiger partial charge is 0.496 e. The molecule has 0 aliphatic heterocycles. The molecule has 5 heteroatoms. The number of aryl methyl sites for hydroxylation is 2. The average molecular weight is 326 g/mol. The summed E-state index contributed by atoms with van der Waals surface area (Å²) in [6, 6.07) is 11.9. The van der Waals surface area contributed by atoms with Crippen molar-refractivity contribution in [3.8, 4) is 5.75 Å². The van der Waals surface area contributed by atoms with Gasteiger partial charge in [-0.1, -0.05) is 41.2 Å². The highest BCUT2D eigenvalue weighted by Crippen LogP contribution is 2.28. The Morgan fingerprint density at radius 2 is 2.09 bits per heavy atom. The maximum atomic E-state index is 12.3. The molecule has 4 nitrogen and oxygen atoms in total. The van der Waals surface area contributed by atoms with Crippen molar-refractivity contribution >= 4 is 32.6 Å². The predicted molar refractivity (Wildman–Crippen MR) is 94.4 cm³/mol. The van der Waals surface area contributed by atoms with Gasteiger partial charge in [-0.2, -0.15) is 0 Å². The van der Waals surface area contributed by atoms with E-state index < -0.39 is 0 Å². The lowest BCUT2D eigenvalue weighted by atomic mass is 10.1. The van der Waals surface area contributed by atoms with Gasteiger partial charge in [0.25, 0.3) is 0 Å². The molecule has 2 aromatic carbocycles. The van der Waals surface area contributed by atoms with Crippen LogP contribution < -0.4 is 10.1 Å². The predicted octanol–water partition coefficient (Wildman–Crippen LogP) is 4.10. The van der Waals surface area contributed by atoms with Gasteiger partial charge in [0.15, 0.2) is 5.13 Å². The molecule has 1 aromatic heterocycles. The van der Waals surface area contributed by atoms with Crippen LogP contribution in [0.4, 0.5) is 5.13 Å². The minimum atomic E-state index is -0.0920. The quantitative estimate of drug-likeness (QED) is 0.785. The van der Waals surface area contributed by atoms with E-state index in [1.807, 2.05) is 50.2 Å². The Balaban J connectivity index is 1.78. The van der Waals surface area contributed by atoms with Gasteiger partial charge in [-0.25, -0.2) is 4.98 Å². The van der Waals surface area contributed by atoms with Crippen molar-refractivity contribution in [2.45, 2.75) is 20.3 Å². The molecule has 3 aromatic rings. The molecule has 1 heterocycles. The lowest BCUT2D eigenvalue weighted by Gasteiger charge is -2.09. The number of hydrogen-bond acceptors (Lipinski definition) is 4. The van der Waals surface area contributed by atoms with Gasteiger partial charge >= 0.3 is 0 Å². The Labute approximate surface area is 139 Å². The molecule has 0 spiro atoms. The number of nitrogens with zero attached hydrogens (tertiary/aromatic N) is 1. The SMILES string of the molecule is COc1ccc(C)cc1CC(=O)Nc1nc2c(C)cccc2s1. The van der Waals surface area contributed by atoms with Crippen LogP contribution in [0.15, 0.2) is 36.4 Å². The molecular formula is C18H18N2O2S. The van der Waals surface area contributed by atoms with Crippen LogP contribution in [0.3, 0.4) is 0 Å². The van der Waals surface area contributed by atoms with E-state index in [1.54, 1.807) is 7.11 Å². The number of anilines is 1. The Morgan fingerprint density at radius 3 is 2.83 bits per heavy atom. The second kappa shape index (κ2) is 6.38. The normalized spacial score (nSPS) is 10.7. The Morgan fingerprint density at radius 1 is 1.26 bits per heavy atom. The van der Waals surface area contributed by atoms with Crippen molar-refractivity contribution < 1.29 is 9.53 Å². The molecule has 3 rings (SSSR count). The van der Waals surface area contributed by atoms with E-state index >= 15 is 0 Å². The summed E-state index contributed by atoms with van der Waals surface area (Å²) < 4.78 is 6.40. The molecule has 23 heavy (non-hydrogen) atoms. The number of nitrogens with one attached hydrogen (secondary N) is 1. The summed E-state index contributed by atoms with van der Waals surface area (Å²) in [5.74, 6) is 0.636. The number of carbonyl (C=O) groups excluding carboxylic acids is 1. The smallest absolute Gasteiger partial charge is 0.230 e. The Kier molecular flexibility index (Phi) is 4.30. The standard InChI is InChI=1S/C18H18N2O2S/c1-11-7-8-14(22-3)13(9-11)10-16(21)19-18-20-17-12(2)5-4-6-15(17)23-18/h4-9H,10H2,1-3H3,(H,19,20,21). The first kappa shape index (κ1) is 15.5. The van der Waals surface area contributed by atoms with Crippen molar-refractivity contribution in [1.82, 2.24) is 4.98 Å². The van der Waals surface area contributed by atoms with Gasteiger partial charge in [-0.3, -0.25) is 4.79 Å². The number of methoxy groups -OCH3 is 1. The highest BCUT2D eigenvalue weighted by atomic mass is 32.1. The molecule has 0 saturated carbocycles. The summed E-state index contributed by atoms with van der Waals surface area (Å²) in [6.45, 7) is 4.02. The number of amides is 1. The Bertz CT molecular complexity index is 871. The van der Waals surface area contributed by atoms with Crippen LogP contribution in [-0.4, -0.2) is 18.0 Å². The molecule has 0 aliphatic rings. The zero-order chi connectivity index (χ0) is 16.4. The third-order valence-electron chi connectivity index (χ3n) is 3.65. The van der Waals surface area contributed by atoms with Crippen LogP contribution >= 0.6 is 11.3 Å². The fraction of sp³-hybridized carbons (Fsp3) is 0.222. The second-order valence-corrected chi connectivity index (χ2v) is 6.51. The molecule has 0 aliphatic carbocycles. The topological polar surface area (TPSA) is 51.2 Å². The van der Waals surface area contributed by atoms with Gasteiger partial charge in [0.2, 0.25) is 5.91 Å². The van der Waals surface area contributed by atoms with Gasteiger partial charge in [-0.15, -0.1) is 0 Å². The lowest BCUT2D eigenvalue weighted by Crippen LogP contribution is -2.14. The summed E-state index contributed by atoms with van der Waals surface area (Å²) in [6.07, 6.45) is 0.264. The highest BCUT2D eigenvalue weighted by Gasteiger charge is 2.12. The number of thiazole rings is 1. The number of rotatable bonds is 4. The number of hydrogen-bond donors (Lipinski definition) is 1. The van der Waals surface area contributed by atoms with Crippen molar-refractivity contribution in [1.29, 1.82) is 0 Å². The van der Waals surface area contributed by atoms with E-state index in [9.17, 15) is 4.79 Å². The first-order valence-electron chi connectivity index (χ1n) is 7.36. The third kappa shape index (κ3) is 3.35. The summed E-state index contributed by atoms with van der Waals surface area (Å²) in [7, 11) is 1.61. The van der Waals surface area contributed by atoms with Crippen LogP contribution in [0.1, 0.15) is 16.7 Å².